The number of Topliss-reactive ketones (excluding diaryl/α,β-unsaturated/α-hetero) is 1. The number of allylic oxidation sites excluding steroid dienone is 1. The molecule has 0 spiro atoms. The van der Waals surface area contributed by atoms with Crippen LogP contribution in [0.4, 0.5) is 0 Å². The molecule has 0 aromatic rings. The number of esters is 4. The first-order chi connectivity index (χ1) is 23.5. The van der Waals surface area contributed by atoms with Crippen molar-refractivity contribution in [3.8, 4) is 0 Å². The van der Waals surface area contributed by atoms with Gasteiger partial charge >= 0.3 is 23.9 Å². The maximum Gasteiger partial charge on any atom is 0.303 e. The molecule has 2 heterocycles. The number of fused-ring (bicyclic) bond motifs is 10. The summed E-state index contributed by atoms with van der Waals surface area (Å²) in [6.45, 7) is 20.0. The van der Waals surface area contributed by atoms with E-state index in [1.165, 1.54) is 27.7 Å². The minimum absolute atomic E-state index is 0.123. The zero-order valence-corrected chi connectivity index (χ0v) is 30.9. The van der Waals surface area contributed by atoms with E-state index in [2.05, 4.69) is 6.58 Å². The van der Waals surface area contributed by atoms with Crippen molar-refractivity contribution in [3.63, 3.8) is 0 Å². The Morgan fingerprint density at radius 2 is 1.39 bits per heavy atom. The molecule has 0 amide bonds. The van der Waals surface area contributed by atoms with Crippen molar-refractivity contribution in [3.05, 3.63) is 24.2 Å². The van der Waals surface area contributed by atoms with Crippen LogP contribution in [0, 0.1) is 57.7 Å². The lowest BCUT2D eigenvalue weighted by atomic mass is 9.38. The molecule has 7 aliphatic rings. The second kappa shape index (κ2) is 10.9. The van der Waals surface area contributed by atoms with Crippen LogP contribution in [0.25, 0.3) is 0 Å². The summed E-state index contributed by atoms with van der Waals surface area (Å²) in [6, 6.07) is 0. The Bertz CT molecular complexity index is 1670. The quantitative estimate of drug-likeness (QED) is 0.246. The molecule has 2 aliphatic heterocycles. The maximum absolute atomic E-state index is 15.0. The summed E-state index contributed by atoms with van der Waals surface area (Å²) >= 11 is 0. The van der Waals surface area contributed by atoms with E-state index in [0.717, 1.165) is 0 Å². The third-order valence-electron chi connectivity index (χ3n) is 14.8. The second-order valence-electron chi connectivity index (χ2n) is 17.1. The van der Waals surface area contributed by atoms with Crippen LogP contribution in [0.1, 0.15) is 75.7 Å². The second-order valence-corrected chi connectivity index (χ2v) is 17.1. The highest BCUT2D eigenvalue weighted by Crippen LogP contribution is 2.77. The van der Waals surface area contributed by atoms with Crippen molar-refractivity contribution in [2.75, 3.05) is 0 Å². The molecule has 2 saturated heterocycles. The monoisotopic (exact) mass is 714 g/mol. The smallest absolute Gasteiger partial charge is 0.303 e. The molecule has 0 radical (unpaired) electrons. The molecule has 2 N–H and O–H groups in total. The summed E-state index contributed by atoms with van der Waals surface area (Å²) in [5.74, 6) is -7.45. The number of ether oxygens (including phenoxy) is 6. The number of aliphatic hydroxyl groups is 2. The minimum atomic E-state index is -2.19. The highest BCUT2D eigenvalue weighted by atomic mass is 16.6. The fraction of sp³-hybridized carbons (Fsp3) is 0.763. The minimum Gasteiger partial charge on any atom is -0.463 e. The van der Waals surface area contributed by atoms with Gasteiger partial charge in [0.1, 0.15) is 47.1 Å². The van der Waals surface area contributed by atoms with Crippen LogP contribution >= 0.6 is 0 Å². The molecule has 0 aromatic carbocycles. The predicted molar refractivity (Wildman–Crippen MR) is 174 cm³/mol. The summed E-state index contributed by atoms with van der Waals surface area (Å²) < 4.78 is 36.8. The van der Waals surface area contributed by atoms with Crippen molar-refractivity contribution >= 4 is 29.7 Å². The van der Waals surface area contributed by atoms with Gasteiger partial charge < -0.3 is 38.6 Å². The zero-order chi connectivity index (χ0) is 37.7. The van der Waals surface area contributed by atoms with E-state index in [1.807, 2.05) is 33.8 Å². The molecule has 2 unspecified atom stereocenters. The molecule has 51 heavy (non-hydrogen) atoms. The third kappa shape index (κ3) is 4.28. The molecule has 0 bridgehead atoms. The first kappa shape index (κ1) is 36.1. The summed E-state index contributed by atoms with van der Waals surface area (Å²) in [7, 11) is 0. The lowest BCUT2D eigenvalue weighted by Crippen LogP contribution is -2.79. The van der Waals surface area contributed by atoms with Crippen LogP contribution in [-0.4, -0.2) is 87.7 Å². The van der Waals surface area contributed by atoms with E-state index in [-0.39, 0.29) is 18.1 Å². The van der Waals surface area contributed by atoms with Gasteiger partial charge in [-0.2, -0.15) is 0 Å². The molecular weight excluding hydrogens is 664 g/mol. The molecule has 5 aliphatic carbocycles. The number of carbonyl (C=O) groups excluding carboxylic acids is 5. The van der Waals surface area contributed by atoms with Gasteiger partial charge in [-0.15, -0.1) is 0 Å². The van der Waals surface area contributed by atoms with Crippen LogP contribution in [0.2, 0.25) is 0 Å². The fourth-order valence-corrected chi connectivity index (χ4v) is 12.9. The van der Waals surface area contributed by atoms with Crippen LogP contribution < -0.4 is 0 Å². The van der Waals surface area contributed by atoms with Gasteiger partial charge in [0, 0.05) is 62.7 Å². The van der Waals surface area contributed by atoms with Gasteiger partial charge in [-0.05, 0) is 43.6 Å². The van der Waals surface area contributed by atoms with Crippen LogP contribution in [0.5, 0.6) is 0 Å². The molecule has 18 atom stereocenters. The van der Waals surface area contributed by atoms with Gasteiger partial charge in [-0.25, -0.2) is 0 Å². The average Bonchev–Trinajstić information content (AvgIpc) is 3.67. The van der Waals surface area contributed by atoms with Gasteiger partial charge in [0.15, 0.2) is 6.10 Å². The molecular formula is C38H50O13. The number of hydrogen-bond acceptors (Lipinski definition) is 13. The molecule has 4 saturated carbocycles. The number of hydrogen-bond donors (Lipinski definition) is 2. The molecule has 13 heteroatoms. The average molecular weight is 715 g/mol. The number of carbonyl (C=O) groups is 5. The van der Waals surface area contributed by atoms with Gasteiger partial charge in [-0.1, -0.05) is 34.3 Å². The van der Waals surface area contributed by atoms with Crippen molar-refractivity contribution in [1.29, 1.82) is 0 Å². The van der Waals surface area contributed by atoms with Crippen molar-refractivity contribution in [2.45, 2.75) is 123 Å². The lowest BCUT2D eigenvalue weighted by Gasteiger charge is -2.67. The molecule has 0 aromatic heterocycles. The van der Waals surface area contributed by atoms with Crippen LogP contribution in [0.3, 0.4) is 0 Å². The number of epoxide rings is 1. The van der Waals surface area contributed by atoms with E-state index in [9.17, 15) is 29.4 Å². The summed E-state index contributed by atoms with van der Waals surface area (Å²) in [4.78, 5) is 67.0. The van der Waals surface area contributed by atoms with Gasteiger partial charge in [0.05, 0.1) is 11.5 Å². The third-order valence-corrected chi connectivity index (χ3v) is 14.8. The Hall–Kier alpha value is -3.29. The summed E-state index contributed by atoms with van der Waals surface area (Å²) in [5, 5.41) is 25.0. The van der Waals surface area contributed by atoms with E-state index in [0.29, 0.717) is 5.76 Å². The first-order valence-electron chi connectivity index (χ1n) is 17.9. The largest absolute Gasteiger partial charge is 0.463 e. The van der Waals surface area contributed by atoms with Crippen molar-refractivity contribution in [1.82, 2.24) is 0 Å². The Morgan fingerprint density at radius 1 is 0.824 bits per heavy atom. The van der Waals surface area contributed by atoms with E-state index < -0.39 is 129 Å². The van der Waals surface area contributed by atoms with E-state index in [4.69, 9.17) is 28.4 Å². The highest BCUT2D eigenvalue weighted by molar-refractivity contribution is 5.95. The Labute approximate surface area is 297 Å². The number of rotatable bonds is 4. The molecule has 7 rings (SSSR count). The first-order valence-corrected chi connectivity index (χ1v) is 17.9. The molecule has 6 fully saturated rings. The summed E-state index contributed by atoms with van der Waals surface area (Å²) in [5.41, 5.74) is -7.67. The zero-order valence-electron chi connectivity index (χ0n) is 30.9. The predicted octanol–water partition coefficient (Wildman–Crippen LogP) is 2.79. The van der Waals surface area contributed by atoms with E-state index >= 15 is 4.79 Å². The Morgan fingerprint density at radius 3 is 1.96 bits per heavy atom. The lowest BCUT2D eigenvalue weighted by molar-refractivity contribution is -0.283. The maximum atomic E-state index is 15.0. The summed E-state index contributed by atoms with van der Waals surface area (Å²) in [6.07, 6.45) is -3.94. The topological polar surface area (TPSA) is 184 Å². The SMILES string of the molecule is C=C1OC2=C[C@@H](C)[C@H]3[C@@H]([C@H](OC(C)=O)[C@H]4C5C([C@H](C)[C@H](OC(C)=O)[C@]34C)[C@@]3(C)[C@@H](OC(C)=O)[C@H]4O[C@H]4C[C@]3(O)C(=O)[C@@H]5OC(C)=O)[C@@]2(C)[C@]1(C)O. The Balaban J connectivity index is 1.55. The van der Waals surface area contributed by atoms with E-state index in [1.54, 1.807) is 13.8 Å². The van der Waals surface area contributed by atoms with Gasteiger partial charge in [0.25, 0.3) is 0 Å². The molecule has 13 nitrogen and oxygen atoms in total. The highest BCUT2D eigenvalue weighted by Gasteiger charge is 2.85. The molecule has 280 valence electrons. The normalized spacial score (nSPS) is 53.0. The Kier molecular flexibility index (Phi) is 7.70. The fourth-order valence-electron chi connectivity index (χ4n) is 12.9. The standard InChI is InChI=1S/C38H50O13/c1-14-12-22-35(9,37(11,44)16(3)46-22)27-24(14)34(8)26(30(27)48-18(5)40)23-25(15(2)32(34)49-19(6)41)36(10)33(50-20(7)42)28-21(51-28)13-38(36,45)31(43)29(23)47-17(4)39/h12,14-15,21,23-30,32-33,44-45H,3,13H2,1-2,4-11H3/t14-,15+,21+,23?,24+,25?,26-,27+,28+,29-,30-,32+,33+,34-,35+,36+,37-,38+/m1/s1. The van der Waals surface area contributed by atoms with Crippen LogP contribution in [-0.2, 0) is 52.4 Å². The van der Waals surface area contributed by atoms with Crippen molar-refractivity contribution in [2.24, 2.45) is 57.7 Å². The van der Waals surface area contributed by atoms with Crippen LogP contribution in [0.15, 0.2) is 24.2 Å². The van der Waals surface area contributed by atoms with Crippen molar-refractivity contribution < 1.29 is 62.6 Å². The van der Waals surface area contributed by atoms with Gasteiger partial charge in [0.2, 0.25) is 5.78 Å². The number of ketones is 1. The van der Waals surface area contributed by atoms with Gasteiger partial charge in [-0.3, -0.25) is 24.0 Å².